The maximum absolute atomic E-state index is 12.2. The number of nitriles is 1. The van der Waals surface area contributed by atoms with E-state index in [1.165, 1.54) is 18.2 Å². The van der Waals surface area contributed by atoms with Crippen molar-refractivity contribution in [3.05, 3.63) is 58.4 Å². The SMILES string of the molecule is Cc1cccnc1CNS(=O)(=O)c1ccc(C#N)c(Cl)c1. The Kier molecular flexibility index (Phi) is 4.58. The van der Waals surface area contributed by atoms with Crippen LogP contribution in [0.15, 0.2) is 41.4 Å². The number of halogens is 1. The summed E-state index contributed by atoms with van der Waals surface area (Å²) in [6.45, 7) is 1.95. The summed E-state index contributed by atoms with van der Waals surface area (Å²) in [5.74, 6) is 0. The lowest BCUT2D eigenvalue weighted by atomic mass is 10.2. The van der Waals surface area contributed by atoms with Crippen LogP contribution in [0.25, 0.3) is 0 Å². The second kappa shape index (κ2) is 6.22. The maximum atomic E-state index is 12.2. The lowest BCUT2D eigenvalue weighted by Gasteiger charge is -2.08. The van der Waals surface area contributed by atoms with Crippen molar-refractivity contribution in [3.8, 4) is 6.07 Å². The molecule has 0 atom stereocenters. The first-order chi connectivity index (χ1) is 9.94. The van der Waals surface area contributed by atoms with Crippen LogP contribution in [0, 0.1) is 18.3 Å². The van der Waals surface area contributed by atoms with Gasteiger partial charge in [-0.2, -0.15) is 5.26 Å². The van der Waals surface area contributed by atoms with Crippen molar-refractivity contribution in [1.82, 2.24) is 9.71 Å². The molecule has 0 aliphatic rings. The molecule has 2 aromatic rings. The molecular formula is C14H12ClN3O2S. The average Bonchev–Trinajstić information content (AvgIpc) is 2.46. The summed E-state index contributed by atoms with van der Waals surface area (Å²) in [6, 6.07) is 9.50. The minimum Gasteiger partial charge on any atom is -0.260 e. The van der Waals surface area contributed by atoms with E-state index in [2.05, 4.69) is 9.71 Å². The van der Waals surface area contributed by atoms with Crippen LogP contribution < -0.4 is 4.72 Å². The molecule has 0 aliphatic heterocycles. The van der Waals surface area contributed by atoms with E-state index in [1.807, 2.05) is 19.1 Å². The molecule has 5 nitrogen and oxygen atoms in total. The van der Waals surface area contributed by atoms with Crippen LogP contribution in [0.1, 0.15) is 16.8 Å². The number of hydrogen-bond acceptors (Lipinski definition) is 4. The molecule has 0 amide bonds. The molecule has 1 N–H and O–H groups in total. The summed E-state index contributed by atoms with van der Waals surface area (Å²) in [5, 5.41) is 8.89. The van der Waals surface area contributed by atoms with Crippen molar-refractivity contribution in [3.63, 3.8) is 0 Å². The normalized spacial score (nSPS) is 11.1. The molecule has 0 aliphatic carbocycles. The molecule has 0 radical (unpaired) electrons. The number of sulfonamides is 1. The van der Waals surface area contributed by atoms with Gasteiger partial charge in [0.25, 0.3) is 0 Å². The zero-order valence-electron chi connectivity index (χ0n) is 11.2. The molecule has 0 fully saturated rings. The molecule has 0 saturated heterocycles. The van der Waals surface area contributed by atoms with Gasteiger partial charge in [0, 0.05) is 6.20 Å². The highest BCUT2D eigenvalue weighted by Crippen LogP contribution is 2.20. The van der Waals surface area contributed by atoms with Crippen LogP contribution in [0.4, 0.5) is 0 Å². The number of nitrogens with zero attached hydrogens (tertiary/aromatic N) is 2. The van der Waals surface area contributed by atoms with E-state index in [-0.39, 0.29) is 22.0 Å². The van der Waals surface area contributed by atoms with Crippen molar-refractivity contribution in [2.24, 2.45) is 0 Å². The Morgan fingerprint density at radius 3 is 2.76 bits per heavy atom. The van der Waals surface area contributed by atoms with Gasteiger partial charge in [-0.25, -0.2) is 13.1 Å². The second-order valence-corrected chi connectivity index (χ2v) is 6.52. The van der Waals surface area contributed by atoms with Crippen LogP contribution in [-0.4, -0.2) is 13.4 Å². The number of benzene rings is 1. The summed E-state index contributed by atoms with van der Waals surface area (Å²) in [7, 11) is -3.71. The average molecular weight is 322 g/mol. The van der Waals surface area contributed by atoms with Crippen molar-refractivity contribution in [2.75, 3.05) is 0 Å². The predicted octanol–water partition coefficient (Wildman–Crippen LogP) is 2.39. The number of aryl methyl sites for hydroxylation is 1. The number of nitrogens with one attached hydrogen (secondary N) is 1. The van der Waals surface area contributed by atoms with Crippen LogP contribution in [-0.2, 0) is 16.6 Å². The molecule has 0 spiro atoms. The Morgan fingerprint density at radius 1 is 1.38 bits per heavy atom. The van der Waals surface area contributed by atoms with Crippen LogP contribution in [0.5, 0.6) is 0 Å². The van der Waals surface area contributed by atoms with Gasteiger partial charge in [0.15, 0.2) is 0 Å². The quantitative estimate of drug-likeness (QED) is 0.937. The molecule has 2 rings (SSSR count). The van der Waals surface area contributed by atoms with E-state index < -0.39 is 10.0 Å². The molecule has 0 saturated carbocycles. The Hall–Kier alpha value is -1.94. The molecular weight excluding hydrogens is 310 g/mol. The van der Waals surface area contributed by atoms with E-state index in [9.17, 15) is 8.42 Å². The molecule has 0 bridgehead atoms. The Labute approximate surface area is 128 Å². The number of pyridine rings is 1. The standard InChI is InChI=1S/C14H12ClN3O2S/c1-10-3-2-6-17-14(10)9-18-21(19,20)12-5-4-11(8-16)13(15)7-12/h2-7,18H,9H2,1H3. The van der Waals surface area contributed by atoms with E-state index in [1.54, 1.807) is 12.3 Å². The van der Waals surface area contributed by atoms with Crippen molar-refractivity contribution in [2.45, 2.75) is 18.4 Å². The topological polar surface area (TPSA) is 82.8 Å². The highest BCUT2D eigenvalue weighted by molar-refractivity contribution is 7.89. The largest absolute Gasteiger partial charge is 0.260 e. The summed E-state index contributed by atoms with van der Waals surface area (Å²) < 4.78 is 26.8. The van der Waals surface area contributed by atoms with Gasteiger partial charge >= 0.3 is 0 Å². The molecule has 108 valence electrons. The van der Waals surface area contributed by atoms with Gasteiger partial charge in [0.1, 0.15) is 6.07 Å². The molecule has 1 aromatic heterocycles. The van der Waals surface area contributed by atoms with E-state index in [0.717, 1.165) is 5.56 Å². The monoisotopic (exact) mass is 321 g/mol. The lowest BCUT2D eigenvalue weighted by Crippen LogP contribution is -2.24. The first kappa shape index (κ1) is 15.4. The van der Waals surface area contributed by atoms with Crippen LogP contribution >= 0.6 is 11.6 Å². The Bertz CT molecular complexity index is 813. The number of hydrogen-bond donors (Lipinski definition) is 1. The summed E-state index contributed by atoms with van der Waals surface area (Å²) >= 11 is 5.85. The van der Waals surface area contributed by atoms with Crippen molar-refractivity contribution >= 4 is 21.6 Å². The minimum absolute atomic E-state index is 0.0140. The van der Waals surface area contributed by atoms with E-state index in [0.29, 0.717) is 5.69 Å². The van der Waals surface area contributed by atoms with Gasteiger partial charge in [0.05, 0.1) is 27.7 Å². The van der Waals surface area contributed by atoms with Gasteiger partial charge in [0.2, 0.25) is 10.0 Å². The van der Waals surface area contributed by atoms with Gasteiger partial charge < -0.3 is 0 Å². The fraction of sp³-hybridized carbons (Fsp3) is 0.143. The zero-order chi connectivity index (χ0) is 15.5. The van der Waals surface area contributed by atoms with E-state index in [4.69, 9.17) is 16.9 Å². The van der Waals surface area contributed by atoms with Gasteiger partial charge in [-0.05, 0) is 36.8 Å². The molecule has 21 heavy (non-hydrogen) atoms. The minimum atomic E-state index is -3.71. The molecule has 7 heteroatoms. The predicted molar refractivity (Wildman–Crippen MR) is 79.2 cm³/mol. The zero-order valence-corrected chi connectivity index (χ0v) is 12.7. The van der Waals surface area contributed by atoms with E-state index >= 15 is 0 Å². The van der Waals surface area contributed by atoms with Gasteiger partial charge in [-0.15, -0.1) is 0 Å². The Morgan fingerprint density at radius 2 is 2.14 bits per heavy atom. The van der Waals surface area contributed by atoms with Gasteiger partial charge in [-0.1, -0.05) is 17.7 Å². The highest BCUT2D eigenvalue weighted by atomic mass is 35.5. The third kappa shape index (κ3) is 3.58. The molecule has 1 aromatic carbocycles. The second-order valence-electron chi connectivity index (χ2n) is 4.35. The van der Waals surface area contributed by atoms with Crippen molar-refractivity contribution in [1.29, 1.82) is 5.26 Å². The third-order valence-corrected chi connectivity index (χ3v) is 4.63. The fourth-order valence-corrected chi connectivity index (χ4v) is 3.00. The van der Waals surface area contributed by atoms with Crippen LogP contribution in [0.2, 0.25) is 5.02 Å². The highest BCUT2D eigenvalue weighted by Gasteiger charge is 2.16. The van der Waals surface area contributed by atoms with Crippen LogP contribution in [0.3, 0.4) is 0 Å². The fourth-order valence-electron chi connectivity index (χ4n) is 1.70. The first-order valence-electron chi connectivity index (χ1n) is 6.04. The van der Waals surface area contributed by atoms with Crippen molar-refractivity contribution < 1.29 is 8.42 Å². The first-order valence-corrected chi connectivity index (χ1v) is 7.90. The summed E-state index contributed by atoms with van der Waals surface area (Å²) in [5.41, 5.74) is 1.79. The smallest absolute Gasteiger partial charge is 0.240 e. The Balaban J connectivity index is 2.21. The lowest BCUT2D eigenvalue weighted by molar-refractivity contribution is 0.580. The number of rotatable bonds is 4. The summed E-state index contributed by atoms with van der Waals surface area (Å²) in [6.07, 6.45) is 1.61. The van der Waals surface area contributed by atoms with Gasteiger partial charge in [-0.3, -0.25) is 4.98 Å². The summed E-state index contributed by atoms with van der Waals surface area (Å²) in [4.78, 5) is 4.14. The molecule has 0 unspecified atom stereocenters. The molecule has 1 heterocycles. The maximum Gasteiger partial charge on any atom is 0.240 e. The third-order valence-electron chi connectivity index (χ3n) is 2.92. The number of aromatic nitrogens is 1.